The third-order valence-electron chi connectivity index (χ3n) is 2.29. The molecule has 16 heavy (non-hydrogen) atoms. The fourth-order valence-corrected chi connectivity index (χ4v) is 2.27. The van der Waals surface area contributed by atoms with E-state index >= 15 is 0 Å². The van der Waals surface area contributed by atoms with Gasteiger partial charge in [0.2, 0.25) is 5.91 Å². The number of rotatable bonds is 2. The van der Waals surface area contributed by atoms with Crippen LogP contribution >= 0.6 is 11.3 Å². The maximum atomic E-state index is 11.1. The predicted molar refractivity (Wildman–Crippen MR) is 58.9 cm³/mol. The van der Waals surface area contributed by atoms with Crippen LogP contribution < -0.4 is 10.2 Å². The number of nitrogens with one attached hydrogen (secondary N) is 1. The number of thiazole rings is 1. The lowest BCUT2D eigenvalue weighted by atomic mass is 10.4. The Kier molecular flexibility index (Phi) is 3.04. The monoisotopic (exact) mass is 241 g/mol. The number of aromatic carboxylic acids is 1. The van der Waals surface area contributed by atoms with E-state index in [2.05, 4.69) is 10.3 Å². The number of hydrogen-bond donors (Lipinski definition) is 2. The van der Waals surface area contributed by atoms with Gasteiger partial charge in [-0.05, 0) is 0 Å². The van der Waals surface area contributed by atoms with Gasteiger partial charge in [0.05, 0.1) is 6.20 Å². The fourth-order valence-electron chi connectivity index (χ4n) is 1.47. The summed E-state index contributed by atoms with van der Waals surface area (Å²) in [7, 11) is 0. The number of amides is 1. The Morgan fingerprint density at radius 1 is 1.56 bits per heavy atom. The summed E-state index contributed by atoms with van der Waals surface area (Å²) in [5.41, 5.74) is 0. The summed E-state index contributed by atoms with van der Waals surface area (Å²) in [6.45, 7) is 1.82. The molecule has 86 valence electrons. The van der Waals surface area contributed by atoms with Crippen molar-refractivity contribution in [3.05, 3.63) is 11.1 Å². The molecule has 0 aromatic carbocycles. The molecule has 1 aromatic rings. The van der Waals surface area contributed by atoms with Crippen molar-refractivity contribution in [1.29, 1.82) is 0 Å². The van der Waals surface area contributed by atoms with Crippen molar-refractivity contribution >= 4 is 28.3 Å². The van der Waals surface area contributed by atoms with Crippen LogP contribution in [0.25, 0.3) is 0 Å². The van der Waals surface area contributed by atoms with Crippen molar-refractivity contribution < 1.29 is 14.7 Å². The van der Waals surface area contributed by atoms with Gasteiger partial charge in [-0.25, -0.2) is 9.78 Å². The highest BCUT2D eigenvalue weighted by atomic mass is 32.1. The van der Waals surface area contributed by atoms with Crippen LogP contribution in [0.15, 0.2) is 6.20 Å². The van der Waals surface area contributed by atoms with Crippen molar-refractivity contribution in [2.24, 2.45) is 0 Å². The van der Waals surface area contributed by atoms with Gasteiger partial charge in [0.1, 0.15) is 4.88 Å². The molecule has 2 N–H and O–H groups in total. The second-order valence-electron chi connectivity index (χ2n) is 3.40. The molecular formula is C9H11N3O3S. The molecule has 0 bridgehead atoms. The normalized spacial score (nSPS) is 16.8. The Hall–Kier alpha value is -1.63. The summed E-state index contributed by atoms with van der Waals surface area (Å²) >= 11 is 1.13. The van der Waals surface area contributed by atoms with Crippen LogP contribution in [-0.2, 0) is 4.79 Å². The standard InChI is InChI=1S/C9H11N3O3S/c13-7-1-3-12(4-2-10-7)9-11-5-6(16-9)8(14)15/h5H,1-4H2,(H,10,13)(H,14,15). The Bertz CT molecular complexity index is 418. The van der Waals surface area contributed by atoms with Crippen molar-refractivity contribution in [1.82, 2.24) is 10.3 Å². The smallest absolute Gasteiger partial charge is 0.347 e. The zero-order chi connectivity index (χ0) is 11.5. The molecule has 1 aliphatic rings. The first-order valence-corrected chi connectivity index (χ1v) is 5.69. The molecule has 7 heteroatoms. The molecule has 1 aromatic heterocycles. The zero-order valence-corrected chi connectivity index (χ0v) is 9.29. The van der Waals surface area contributed by atoms with Crippen LogP contribution in [0, 0.1) is 0 Å². The van der Waals surface area contributed by atoms with Crippen molar-refractivity contribution in [3.8, 4) is 0 Å². The molecular weight excluding hydrogens is 230 g/mol. The number of hydrogen-bond acceptors (Lipinski definition) is 5. The van der Waals surface area contributed by atoms with E-state index in [1.165, 1.54) is 6.20 Å². The molecule has 0 radical (unpaired) electrons. The van der Waals surface area contributed by atoms with Crippen LogP contribution in [0.5, 0.6) is 0 Å². The van der Waals surface area contributed by atoms with Gasteiger partial charge in [0.25, 0.3) is 0 Å². The summed E-state index contributed by atoms with van der Waals surface area (Å²) in [6.07, 6.45) is 1.77. The summed E-state index contributed by atoms with van der Waals surface area (Å²) in [4.78, 5) is 28.0. The molecule has 1 aliphatic heterocycles. The van der Waals surface area contributed by atoms with Gasteiger partial charge >= 0.3 is 5.97 Å². The molecule has 2 heterocycles. The maximum absolute atomic E-state index is 11.1. The van der Waals surface area contributed by atoms with Crippen LogP contribution in [0.3, 0.4) is 0 Å². The van der Waals surface area contributed by atoms with E-state index in [0.717, 1.165) is 11.3 Å². The summed E-state index contributed by atoms with van der Waals surface area (Å²) in [5.74, 6) is -0.940. The predicted octanol–water partition coefficient (Wildman–Crippen LogP) is 0.168. The first-order valence-electron chi connectivity index (χ1n) is 4.87. The van der Waals surface area contributed by atoms with E-state index in [0.29, 0.717) is 31.2 Å². The van der Waals surface area contributed by atoms with Crippen LogP contribution in [0.4, 0.5) is 5.13 Å². The van der Waals surface area contributed by atoms with Crippen molar-refractivity contribution in [2.45, 2.75) is 6.42 Å². The first kappa shape index (κ1) is 10.9. The average molecular weight is 241 g/mol. The molecule has 0 spiro atoms. The van der Waals surface area contributed by atoms with Gasteiger partial charge in [-0.15, -0.1) is 0 Å². The Labute approximate surface area is 95.9 Å². The highest BCUT2D eigenvalue weighted by Gasteiger charge is 2.17. The maximum Gasteiger partial charge on any atom is 0.347 e. The number of carbonyl (C=O) groups is 2. The summed E-state index contributed by atoms with van der Waals surface area (Å²) in [6, 6.07) is 0. The zero-order valence-electron chi connectivity index (χ0n) is 8.47. The molecule has 1 fully saturated rings. The van der Waals surface area contributed by atoms with E-state index < -0.39 is 5.97 Å². The number of carboxylic acid groups (broad SMARTS) is 1. The Balaban J connectivity index is 2.10. The van der Waals surface area contributed by atoms with Gasteiger partial charge in [-0.3, -0.25) is 4.79 Å². The lowest BCUT2D eigenvalue weighted by molar-refractivity contribution is -0.120. The summed E-state index contributed by atoms with van der Waals surface area (Å²) in [5, 5.41) is 12.2. The molecule has 2 rings (SSSR count). The second kappa shape index (κ2) is 4.48. The van der Waals surface area contributed by atoms with Crippen molar-refractivity contribution in [3.63, 3.8) is 0 Å². The molecule has 0 unspecified atom stereocenters. The van der Waals surface area contributed by atoms with Crippen LogP contribution in [0.2, 0.25) is 0 Å². The topological polar surface area (TPSA) is 82.5 Å². The van der Waals surface area contributed by atoms with Gasteiger partial charge in [-0.2, -0.15) is 0 Å². The minimum absolute atomic E-state index is 0.0255. The molecule has 0 aliphatic carbocycles. The molecule has 0 saturated carbocycles. The number of aromatic nitrogens is 1. The largest absolute Gasteiger partial charge is 0.477 e. The molecule has 1 amide bonds. The van der Waals surface area contributed by atoms with Crippen LogP contribution in [-0.4, -0.2) is 41.6 Å². The number of nitrogens with zero attached hydrogens (tertiary/aromatic N) is 2. The second-order valence-corrected chi connectivity index (χ2v) is 4.41. The van der Waals surface area contributed by atoms with Gasteiger partial charge in [0.15, 0.2) is 5.13 Å². The first-order chi connectivity index (χ1) is 7.66. The van der Waals surface area contributed by atoms with E-state index in [9.17, 15) is 9.59 Å². The lowest BCUT2D eigenvalue weighted by Crippen LogP contribution is -2.28. The third kappa shape index (κ3) is 2.30. The number of carboxylic acids is 1. The van der Waals surface area contributed by atoms with E-state index in [4.69, 9.17) is 5.11 Å². The third-order valence-corrected chi connectivity index (χ3v) is 3.33. The molecule has 6 nitrogen and oxygen atoms in total. The Morgan fingerprint density at radius 3 is 3.06 bits per heavy atom. The number of anilines is 1. The van der Waals surface area contributed by atoms with Gasteiger partial charge < -0.3 is 15.3 Å². The highest BCUT2D eigenvalue weighted by Crippen LogP contribution is 2.22. The molecule has 0 atom stereocenters. The van der Waals surface area contributed by atoms with Gasteiger partial charge in [-0.1, -0.05) is 11.3 Å². The SMILES string of the molecule is O=C1CCN(c2ncc(C(=O)O)s2)CCN1. The quantitative estimate of drug-likeness (QED) is 0.771. The Morgan fingerprint density at radius 2 is 2.38 bits per heavy atom. The van der Waals surface area contributed by atoms with Crippen LogP contribution in [0.1, 0.15) is 16.1 Å². The van der Waals surface area contributed by atoms with E-state index in [1.54, 1.807) is 0 Å². The molecule has 1 saturated heterocycles. The average Bonchev–Trinajstić information content (AvgIpc) is 2.63. The fraction of sp³-hybridized carbons (Fsp3) is 0.444. The van der Waals surface area contributed by atoms with Gasteiger partial charge in [0, 0.05) is 26.1 Å². The van der Waals surface area contributed by atoms with E-state index in [1.807, 2.05) is 4.90 Å². The summed E-state index contributed by atoms with van der Waals surface area (Å²) < 4.78 is 0. The lowest BCUT2D eigenvalue weighted by Gasteiger charge is -2.17. The number of carbonyl (C=O) groups excluding carboxylic acids is 1. The minimum Gasteiger partial charge on any atom is -0.477 e. The highest BCUT2D eigenvalue weighted by molar-refractivity contribution is 7.17. The van der Waals surface area contributed by atoms with E-state index in [-0.39, 0.29) is 10.8 Å². The van der Waals surface area contributed by atoms with Crippen molar-refractivity contribution in [2.75, 3.05) is 24.5 Å². The minimum atomic E-state index is -0.965.